The minimum Gasteiger partial charge on any atom is -0.402 e. The minimum atomic E-state index is 0.518. The van der Waals surface area contributed by atoms with E-state index >= 15 is 0 Å². The van der Waals surface area contributed by atoms with E-state index in [-0.39, 0.29) is 0 Å². The van der Waals surface area contributed by atoms with Gasteiger partial charge in [0.15, 0.2) is 0 Å². The van der Waals surface area contributed by atoms with Gasteiger partial charge in [-0.3, -0.25) is 0 Å². The van der Waals surface area contributed by atoms with E-state index in [0.717, 1.165) is 5.70 Å². The first-order valence-electron chi connectivity index (χ1n) is 4.48. The van der Waals surface area contributed by atoms with Crippen LogP contribution in [0.15, 0.2) is 22.4 Å². The van der Waals surface area contributed by atoms with Gasteiger partial charge in [0, 0.05) is 5.70 Å². The van der Waals surface area contributed by atoms with E-state index in [1.54, 1.807) is 0 Å². The molecule has 0 aromatic heterocycles. The van der Waals surface area contributed by atoms with Crippen molar-refractivity contribution in [2.75, 3.05) is 0 Å². The summed E-state index contributed by atoms with van der Waals surface area (Å²) in [5.74, 6) is 0.518. The molecule has 12 heavy (non-hydrogen) atoms. The van der Waals surface area contributed by atoms with Crippen molar-refractivity contribution < 1.29 is 0 Å². The molecule has 0 aromatic carbocycles. The number of rotatable bonds is 2. The zero-order valence-corrected chi connectivity index (χ0v) is 9.15. The van der Waals surface area contributed by atoms with Gasteiger partial charge in [-0.15, -0.1) is 0 Å². The Morgan fingerprint density at radius 3 is 1.50 bits per heavy atom. The molecule has 70 valence electrons. The summed E-state index contributed by atoms with van der Waals surface area (Å²) in [5.41, 5.74) is 10.8. The molecule has 0 spiro atoms. The standard InChI is InChI=1S/C11H21N/c1-7(2)9(5)11(8(3)4)10(6)12/h8H,12H2,1-6H3/b11-10+. The van der Waals surface area contributed by atoms with Crippen LogP contribution in [0.2, 0.25) is 0 Å². The van der Waals surface area contributed by atoms with Gasteiger partial charge in [0.1, 0.15) is 0 Å². The topological polar surface area (TPSA) is 26.0 Å². The zero-order chi connectivity index (χ0) is 9.89. The summed E-state index contributed by atoms with van der Waals surface area (Å²) in [6, 6.07) is 0. The normalized spacial score (nSPS) is 12.9. The van der Waals surface area contributed by atoms with Crippen LogP contribution in [-0.2, 0) is 0 Å². The monoisotopic (exact) mass is 167 g/mol. The number of allylic oxidation sites excluding steroid dienone is 4. The Morgan fingerprint density at radius 2 is 1.42 bits per heavy atom. The van der Waals surface area contributed by atoms with Crippen molar-refractivity contribution in [3.8, 4) is 0 Å². The van der Waals surface area contributed by atoms with Crippen LogP contribution < -0.4 is 5.73 Å². The van der Waals surface area contributed by atoms with Gasteiger partial charge in [-0.05, 0) is 44.8 Å². The molecular weight excluding hydrogens is 146 g/mol. The van der Waals surface area contributed by atoms with Crippen molar-refractivity contribution in [3.63, 3.8) is 0 Å². The lowest BCUT2D eigenvalue weighted by Gasteiger charge is -2.15. The molecule has 0 heterocycles. The third kappa shape index (κ3) is 2.72. The predicted octanol–water partition coefficient (Wildman–Crippen LogP) is 3.23. The second-order valence-corrected chi connectivity index (χ2v) is 3.88. The Hall–Kier alpha value is -0.720. The number of hydrogen-bond acceptors (Lipinski definition) is 1. The molecule has 0 saturated carbocycles. The van der Waals surface area contributed by atoms with Crippen molar-refractivity contribution in [1.29, 1.82) is 0 Å². The van der Waals surface area contributed by atoms with E-state index in [1.165, 1.54) is 16.7 Å². The van der Waals surface area contributed by atoms with Crippen LogP contribution in [0.25, 0.3) is 0 Å². The lowest BCUT2D eigenvalue weighted by molar-refractivity contribution is 0.759. The number of nitrogens with two attached hydrogens (primary N) is 1. The second kappa shape index (κ2) is 4.34. The fourth-order valence-corrected chi connectivity index (χ4v) is 1.45. The summed E-state index contributed by atoms with van der Waals surface area (Å²) in [5, 5.41) is 0. The van der Waals surface area contributed by atoms with Gasteiger partial charge in [0.25, 0.3) is 0 Å². The average Bonchev–Trinajstić information content (AvgIpc) is 1.85. The van der Waals surface area contributed by atoms with E-state index in [4.69, 9.17) is 5.73 Å². The van der Waals surface area contributed by atoms with Crippen molar-refractivity contribution in [2.45, 2.75) is 41.5 Å². The van der Waals surface area contributed by atoms with E-state index in [2.05, 4.69) is 34.6 Å². The summed E-state index contributed by atoms with van der Waals surface area (Å²) in [6.45, 7) is 12.7. The summed E-state index contributed by atoms with van der Waals surface area (Å²) in [7, 11) is 0. The van der Waals surface area contributed by atoms with Gasteiger partial charge >= 0.3 is 0 Å². The molecule has 0 aliphatic heterocycles. The molecule has 0 aliphatic rings. The van der Waals surface area contributed by atoms with Gasteiger partial charge in [-0.1, -0.05) is 19.4 Å². The van der Waals surface area contributed by atoms with Gasteiger partial charge in [-0.25, -0.2) is 0 Å². The first-order chi connectivity index (χ1) is 5.37. The lowest BCUT2D eigenvalue weighted by Crippen LogP contribution is -2.06. The van der Waals surface area contributed by atoms with Crippen molar-refractivity contribution in [1.82, 2.24) is 0 Å². The van der Waals surface area contributed by atoms with Gasteiger partial charge in [0.05, 0.1) is 0 Å². The smallest absolute Gasteiger partial charge is 0.00867 e. The van der Waals surface area contributed by atoms with Crippen LogP contribution in [0.3, 0.4) is 0 Å². The number of hydrogen-bond donors (Lipinski definition) is 1. The van der Waals surface area contributed by atoms with Crippen LogP contribution >= 0.6 is 0 Å². The van der Waals surface area contributed by atoms with Gasteiger partial charge < -0.3 is 5.73 Å². The lowest BCUT2D eigenvalue weighted by atomic mass is 9.92. The molecule has 1 heteroatoms. The third-order valence-corrected chi connectivity index (χ3v) is 2.16. The molecule has 1 nitrogen and oxygen atoms in total. The van der Waals surface area contributed by atoms with E-state index in [0.29, 0.717) is 5.92 Å². The molecule has 0 amide bonds. The summed E-state index contributed by atoms with van der Waals surface area (Å²) >= 11 is 0. The Balaban J connectivity index is 5.07. The van der Waals surface area contributed by atoms with Crippen LogP contribution in [0.5, 0.6) is 0 Å². The minimum absolute atomic E-state index is 0.518. The van der Waals surface area contributed by atoms with E-state index in [9.17, 15) is 0 Å². The molecule has 0 radical (unpaired) electrons. The molecular formula is C11H21N. The van der Waals surface area contributed by atoms with Gasteiger partial charge in [0.2, 0.25) is 0 Å². The molecule has 0 aromatic rings. The summed E-state index contributed by atoms with van der Waals surface area (Å²) in [6.07, 6.45) is 0. The molecule has 0 atom stereocenters. The molecule has 2 N–H and O–H groups in total. The van der Waals surface area contributed by atoms with Crippen molar-refractivity contribution in [2.24, 2.45) is 11.7 Å². The Kier molecular flexibility index (Phi) is 4.08. The highest BCUT2D eigenvalue weighted by Crippen LogP contribution is 2.23. The van der Waals surface area contributed by atoms with Crippen LogP contribution in [0.1, 0.15) is 41.5 Å². The molecule has 0 rings (SSSR count). The molecule has 0 fully saturated rings. The first-order valence-corrected chi connectivity index (χ1v) is 4.48. The average molecular weight is 167 g/mol. The quantitative estimate of drug-likeness (QED) is 0.628. The van der Waals surface area contributed by atoms with Crippen molar-refractivity contribution >= 4 is 0 Å². The highest BCUT2D eigenvalue weighted by molar-refractivity contribution is 5.36. The van der Waals surface area contributed by atoms with Crippen LogP contribution in [-0.4, -0.2) is 0 Å². The highest BCUT2D eigenvalue weighted by Gasteiger charge is 2.08. The maximum absolute atomic E-state index is 5.82. The molecule has 0 saturated heterocycles. The fourth-order valence-electron chi connectivity index (χ4n) is 1.45. The first kappa shape index (κ1) is 11.3. The molecule has 0 unspecified atom stereocenters. The predicted molar refractivity (Wildman–Crippen MR) is 55.8 cm³/mol. The highest BCUT2D eigenvalue weighted by atomic mass is 14.6. The van der Waals surface area contributed by atoms with Crippen LogP contribution in [0.4, 0.5) is 0 Å². The van der Waals surface area contributed by atoms with Gasteiger partial charge in [-0.2, -0.15) is 0 Å². The fraction of sp³-hybridized carbons (Fsp3) is 0.636. The molecule has 0 aliphatic carbocycles. The zero-order valence-electron chi connectivity index (χ0n) is 9.15. The maximum atomic E-state index is 5.82. The second-order valence-electron chi connectivity index (χ2n) is 3.88. The largest absolute Gasteiger partial charge is 0.402 e. The van der Waals surface area contributed by atoms with Crippen LogP contribution in [0, 0.1) is 5.92 Å². The Bertz CT molecular complexity index is 211. The maximum Gasteiger partial charge on any atom is 0.00867 e. The Morgan fingerprint density at radius 1 is 1.00 bits per heavy atom. The Labute approximate surface area is 76.3 Å². The third-order valence-electron chi connectivity index (χ3n) is 2.16. The van der Waals surface area contributed by atoms with Crippen molar-refractivity contribution in [3.05, 3.63) is 22.4 Å². The molecule has 0 bridgehead atoms. The van der Waals surface area contributed by atoms with E-state index in [1.807, 2.05) is 6.92 Å². The summed E-state index contributed by atoms with van der Waals surface area (Å²) in [4.78, 5) is 0. The SMILES string of the molecule is CC(C)=C(C)/C(=C(\C)N)C(C)C. The van der Waals surface area contributed by atoms with E-state index < -0.39 is 0 Å². The summed E-state index contributed by atoms with van der Waals surface area (Å²) < 4.78 is 0.